The molecule has 0 aromatic heterocycles. The van der Waals surface area contributed by atoms with Gasteiger partial charge in [-0.3, -0.25) is 14.4 Å². The summed E-state index contributed by atoms with van der Waals surface area (Å²) in [5.41, 5.74) is 1.99. The second kappa shape index (κ2) is 8.20. The van der Waals surface area contributed by atoms with Crippen LogP contribution in [0, 0.1) is 5.92 Å². The Bertz CT molecular complexity index is 803. The second-order valence-corrected chi connectivity index (χ2v) is 6.08. The Morgan fingerprint density at radius 3 is 2.04 bits per heavy atom. The zero-order valence-corrected chi connectivity index (χ0v) is 14.6. The molecule has 128 valence electrons. The number of nitrogens with one attached hydrogen (secondary N) is 1. The van der Waals surface area contributed by atoms with Gasteiger partial charge < -0.3 is 5.32 Å². The number of amides is 1. The summed E-state index contributed by atoms with van der Waals surface area (Å²) in [6.45, 7) is 5.00. The average Bonchev–Trinajstić information content (AvgIpc) is 2.60. The van der Waals surface area contributed by atoms with Gasteiger partial charge in [0.2, 0.25) is 0 Å². The molecule has 0 heterocycles. The van der Waals surface area contributed by atoms with Gasteiger partial charge in [0.15, 0.2) is 11.6 Å². The molecule has 0 bridgehead atoms. The smallest absolute Gasteiger partial charge is 0.259 e. The summed E-state index contributed by atoms with van der Waals surface area (Å²) in [5.74, 6) is -1.02. The first-order chi connectivity index (χ1) is 11.9. The van der Waals surface area contributed by atoms with Crippen LogP contribution in [0.2, 0.25) is 0 Å². The third-order valence-electron chi connectivity index (χ3n) is 3.69. The molecule has 2 rings (SSSR count). The van der Waals surface area contributed by atoms with Gasteiger partial charge in [-0.25, -0.2) is 0 Å². The molecule has 0 aliphatic carbocycles. The fourth-order valence-electron chi connectivity index (χ4n) is 2.26. The Hall–Kier alpha value is -3.01. The highest BCUT2D eigenvalue weighted by Gasteiger charge is 2.21. The van der Waals surface area contributed by atoms with Crippen molar-refractivity contribution in [3.8, 4) is 0 Å². The number of ketones is 2. The monoisotopic (exact) mass is 335 g/mol. The maximum Gasteiger partial charge on any atom is 0.259 e. The zero-order valence-electron chi connectivity index (χ0n) is 14.6. The lowest BCUT2D eigenvalue weighted by Crippen LogP contribution is -2.23. The maximum atomic E-state index is 12.6. The van der Waals surface area contributed by atoms with E-state index in [-0.39, 0.29) is 23.1 Å². The van der Waals surface area contributed by atoms with E-state index in [4.69, 9.17) is 0 Å². The second-order valence-electron chi connectivity index (χ2n) is 6.08. The molecular weight excluding hydrogens is 314 g/mol. The number of benzene rings is 2. The highest BCUT2D eigenvalue weighted by atomic mass is 16.2. The van der Waals surface area contributed by atoms with Gasteiger partial charge >= 0.3 is 0 Å². The molecule has 0 fully saturated rings. The quantitative estimate of drug-likeness (QED) is 0.373. The van der Waals surface area contributed by atoms with E-state index in [0.717, 1.165) is 5.56 Å². The normalized spacial score (nSPS) is 11.3. The van der Waals surface area contributed by atoms with Crippen LogP contribution in [0.25, 0.3) is 6.08 Å². The van der Waals surface area contributed by atoms with E-state index in [0.29, 0.717) is 11.3 Å². The lowest BCUT2D eigenvalue weighted by atomic mass is 9.98. The molecular formula is C21H21NO3. The van der Waals surface area contributed by atoms with Crippen LogP contribution in [0.15, 0.2) is 60.2 Å². The Morgan fingerprint density at radius 2 is 1.52 bits per heavy atom. The first kappa shape index (κ1) is 18.3. The van der Waals surface area contributed by atoms with E-state index in [1.807, 2.05) is 30.3 Å². The number of Topliss-reactive ketones (excluding diaryl/α,β-unsaturated/α-hetero) is 2. The standard InChI is InChI=1S/C21H21NO3/c1-14(2)20(24)19(13-16-7-5-4-6-8-16)21(25)22-18-11-9-17(10-12-18)15(3)23/h4-14H,1-3H3,(H,22,25)/b19-13-. The first-order valence-corrected chi connectivity index (χ1v) is 8.12. The largest absolute Gasteiger partial charge is 0.322 e. The van der Waals surface area contributed by atoms with E-state index in [1.54, 1.807) is 44.2 Å². The summed E-state index contributed by atoms with van der Waals surface area (Å²) in [6, 6.07) is 15.8. The highest BCUT2D eigenvalue weighted by molar-refractivity contribution is 6.26. The van der Waals surface area contributed by atoms with Gasteiger partial charge in [-0.1, -0.05) is 44.2 Å². The molecule has 0 aliphatic rings. The summed E-state index contributed by atoms with van der Waals surface area (Å²) in [4.78, 5) is 36.4. The number of carbonyl (C=O) groups is 3. The van der Waals surface area contributed by atoms with Crippen LogP contribution in [-0.2, 0) is 9.59 Å². The molecule has 2 aromatic carbocycles. The number of rotatable bonds is 6. The van der Waals surface area contributed by atoms with Crippen molar-refractivity contribution in [2.75, 3.05) is 5.32 Å². The van der Waals surface area contributed by atoms with Crippen LogP contribution >= 0.6 is 0 Å². The van der Waals surface area contributed by atoms with Crippen LogP contribution in [0.4, 0.5) is 5.69 Å². The van der Waals surface area contributed by atoms with E-state index in [9.17, 15) is 14.4 Å². The average molecular weight is 335 g/mol. The van der Waals surface area contributed by atoms with E-state index in [1.165, 1.54) is 6.92 Å². The van der Waals surface area contributed by atoms with Crippen molar-refractivity contribution < 1.29 is 14.4 Å². The summed E-state index contributed by atoms with van der Waals surface area (Å²) < 4.78 is 0. The SMILES string of the molecule is CC(=O)c1ccc(NC(=O)/C(=C\c2ccccc2)C(=O)C(C)C)cc1. The van der Waals surface area contributed by atoms with E-state index >= 15 is 0 Å². The first-order valence-electron chi connectivity index (χ1n) is 8.12. The van der Waals surface area contributed by atoms with Crippen molar-refractivity contribution in [3.05, 3.63) is 71.3 Å². The van der Waals surface area contributed by atoms with Gasteiger partial charge in [-0.2, -0.15) is 0 Å². The molecule has 0 aliphatic heterocycles. The topological polar surface area (TPSA) is 63.2 Å². The molecule has 1 N–H and O–H groups in total. The summed E-state index contributed by atoms with van der Waals surface area (Å²) in [7, 11) is 0. The minimum atomic E-state index is -0.460. The number of anilines is 1. The highest BCUT2D eigenvalue weighted by Crippen LogP contribution is 2.16. The maximum absolute atomic E-state index is 12.6. The summed E-state index contributed by atoms with van der Waals surface area (Å²) >= 11 is 0. The van der Waals surface area contributed by atoms with Gasteiger partial charge in [-0.15, -0.1) is 0 Å². The van der Waals surface area contributed by atoms with E-state index < -0.39 is 5.91 Å². The van der Waals surface area contributed by atoms with Crippen molar-refractivity contribution in [2.24, 2.45) is 5.92 Å². The lowest BCUT2D eigenvalue weighted by molar-refractivity contribution is -0.121. The molecule has 0 spiro atoms. The molecule has 2 aromatic rings. The zero-order chi connectivity index (χ0) is 18.4. The molecule has 0 radical (unpaired) electrons. The van der Waals surface area contributed by atoms with Crippen molar-refractivity contribution >= 4 is 29.2 Å². The van der Waals surface area contributed by atoms with Crippen LogP contribution in [0.3, 0.4) is 0 Å². The fraction of sp³-hybridized carbons (Fsp3) is 0.190. The number of carbonyl (C=O) groups excluding carboxylic acids is 3. The summed E-state index contributed by atoms with van der Waals surface area (Å²) in [6.07, 6.45) is 1.60. The van der Waals surface area contributed by atoms with Crippen LogP contribution in [0.5, 0.6) is 0 Å². The fourth-order valence-corrected chi connectivity index (χ4v) is 2.26. The lowest BCUT2D eigenvalue weighted by Gasteiger charge is -2.11. The minimum Gasteiger partial charge on any atom is -0.322 e. The molecule has 25 heavy (non-hydrogen) atoms. The third kappa shape index (κ3) is 4.98. The number of hydrogen-bond acceptors (Lipinski definition) is 3. The minimum absolute atomic E-state index is 0.0440. The molecule has 0 saturated carbocycles. The Balaban J connectivity index is 2.28. The molecule has 0 atom stereocenters. The predicted molar refractivity (Wildman–Crippen MR) is 99.3 cm³/mol. The molecule has 0 saturated heterocycles. The third-order valence-corrected chi connectivity index (χ3v) is 3.69. The van der Waals surface area contributed by atoms with Crippen molar-refractivity contribution in [2.45, 2.75) is 20.8 Å². The van der Waals surface area contributed by atoms with Gasteiger partial charge in [0.1, 0.15) is 0 Å². The van der Waals surface area contributed by atoms with Gasteiger partial charge in [-0.05, 0) is 42.8 Å². The van der Waals surface area contributed by atoms with Gasteiger partial charge in [0.05, 0.1) is 5.57 Å². The van der Waals surface area contributed by atoms with E-state index in [2.05, 4.69) is 5.32 Å². The molecule has 4 nitrogen and oxygen atoms in total. The van der Waals surface area contributed by atoms with Crippen LogP contribution in [-0.4, -0.2) is 17.5 Å². The van der Waals surface area contributed by atoms with Crippen LogP contribution < -0.4 is 5.32 Å². The van der Waals surface area contributed by atoms with Crippen molar-refractivity contribution in [1.82, 2.24) is 0 Å². The Kier molecular flexibility index (Phi) is 6.01. The number of hydrogen-bond donors (Lipinski definition) is 1. The summed E-state index contributed by atoms with van der Waals surface area (Å²) in [5, 5.41) is 2.72. The van der Waals surface area contributed by atoms with Crippen molar-refractivity contribution in [3.63, 3.8) is 0 Å². The van der Waals surface area contributed by atoms with Crippen LogP contribution in [0.1, 0.15) is 36.7 Å². The Labute approximate surface area is 147 Å². The van der Waals surface area contributed by atoms with Crippen molar-refractivity contribution in [1.29, 1.82) is 0 Å². The molecule has 4 heteroatoms. The molecule has 1 amide bonds. The predicted octanol–water partition coefficient (Wildman–Crippen LogP) is 4.14. The Morgan fingerprint density at radius 1 is 0.920 bits per heavy atom. The molecule has 0 unspecified atom stereocenters. The van der Waals surface area contributed by atoms with Gasteiger partial charge in [0, 0.05) is 17.2 Å². The van der Waals surface area contributed by atoms with Gasteiger partial charge in [0.25, 0.3) is 5.91 Å².